The molecule has 0 aliphatic heterocycles. The van der Waals surface area contributed by atoms with Gasteiger partial charge >= 0.3 is 0 Å². The second-order valence-electron chi connectivity index (χ2n) is 8.57. The summed E-state index contributed by atoms with van der Waals surface area (Å²) in [7, 11) is 0. The first-order valence-corrected chi connectivity index (χ1v) is 11.6. The summed E-state index contributed by atoms with van der Waals surface area (Å²) in [5, 5.41) is 13.0. The first-order valence-electron chi connectivity index (χ1n) is 11.2. The van der Waals surface area contributed by atoms with Gasteiger partial charge in [0.1, 0.15) is 17.3 Å². The summed E-state index contributed by atoms with van der Waals surface area (Å²) >= 11 is 6.04. The number of anilines is 1. The summed E-state index contributed by atoms with van der Waals surface area (Å²) < 4.78 is 15.0. The van der Waals surface area contributed by atoms with Crippen LogP contribution in [0.5, 0.6) is 0 Å². The van der Waals surface area contributed by atoms with Crippen LogP contribution >= 0.6 is 11.6 Å². The molecule has 1 atom stereocenters. The van der Waals surface area contributed by atoms with Crippen molar-refractivity contribution < 1.29 is 14.3 Å². The largest absolute Gasteiger partial charge is 0.394 e. The Morgan fingerprint density at radius 3 is 2.65 bits per heavy atom. The van der Waals surface area contributed by atoms with Gasteiger partial charge in [-0.1, -0.05) is 35.9 Å². The summed E-state index contributed by atoms with van der Waals surface area (Å²) in [6, 6.07) is 10.4. The van der Waals surface area contributed by atoms with Crippen LogP contribution in [0.25, 0.3) is 11.3 Å². The minimum absolute atomic E-state index is 0.101. The number of halogens is 2. The Morgan fingerprint density at radius 2 is 1.94 bits per heavy atom. The van der Waals surface area contributed by atoms with Crippen molar-refractivity contribution in [1.29, 1.82) is 0 Å². The van der Waals surface area contributed by atoms with Crippen molar-refractivity contribution in [2.45, 2.75) is 43.7 Å². The molecule has 4 rings (SSSR count). The van der Waals surface area contributed by atoms with Crippen LogP contribution in [-0.2, 0) is 0 Å². The van der Waals surface area contributed by atoms with Crippen molar-refractivity contribution in [1.82, 2.24) is 15.3 Å². The lowest BCUT2D eigenvalue weighted by molar-refractivity contribution is 0.0913. The van der Waals surface area contributed by atoms with Gasteiger partial charge in [0.15, 0.2) is 0 Å². The van der Waals surface area contributed by atoms with Crippen LogP contribution in [0.15, 0.2) is 48.7 Å². The molecule has 0 unspecified atom stereocenters. The fraction of sp³-hybridized carbons (Fsp3) is 0.320. The highest BCUT2D eigenvalue weighted by Gasteiger charge is 2.26. The van der Waals surface area contributed by atoms with Crippen LogP contribution in [-0.4, -0.2) is 33.6 Å². The third kappa shape index (κ3) is 5.19. The molecule has 1 aliphatic rings. The van der Waals surface area contributed by atoms with Gasteiger partial charge in [-0.15, -0.1) is 0 Å². The van der Waals surface area contributed by atoms with E-state index in [2.05, 4.69) is 10.3 Å². The number of nitrogens with two attached hydrogens (primary N) is 2. The predicted molar refractivity (Wildman–Crippen MR) is 130 cm³/mol. The summed E-state index contributed by atoms with van der Waals surface area (Å²) in [5.41, 5.74) is 13.8. The molecular weight excluding hydrogens is 457 g/mol. The van der Waals surface area contributed by atoms with E-state index >= 15 is 0 Å². The molecule has 1 heterocycles. The molecule has 9 heteroatoms. The smallest absolute Gasteiger partial charge is 0.255 e. The van der Waals surface area contributed by atoms with Crippen LogP contribution in [0, 0.1) is 5.82 Å². The maximum Gasteiger partial charge on any atom is 0.255 e. The number of carbonyl (C=O) groups excluding carboxylic acids is 1. The molecule has 1 fully saturated rings. The Bertz CT molecular complexity index is 1180. The monoisotopic (exact) mass is 483 g/mol. The molecule has 7 nitrogen and oxygen atoms in total. The third-order valence-electron chi connectivity index (χ3n) is 6.24. The van der Waals surface area contributed by atoms with Gasteiger partial charge < -0.3 is 21.9 Å². The van der Waals surface area contributed by atoms with Gasteiger partial charge in [0, 0.05) is 22.5 Å². The van der Waals surface area contributed by atoms with E-state index in [1.54, 1.807) is 36.5 Å². The van der Waals surface area contributed by atoms with E-state index in [9.17, 15) is 14.3 Å². The first kappa shape index (κ1) is 24.1. The summed E-state index contributed by atoms with van der Waals surface area (Å²) in [5.74, 6) is -1.15. The molecule has 1 amide bonds. The van der Waals surface area contributed by atoms with E-state index in [-0.39, 0.29) is 34.6 Å². The van der Waals surface area contributed by atoms with E-state index < -0.39 is 24.4 Å². The van der Waals surface area contributed by atoms with Gasteiger partial charge in [0.2, 0.25) is 0 Å². The molecule has 6 N–H and O–H groups in total. The number of hydrogen-bond donors (Lipinski definition) is 4. The van der Waals surface area contributed by atoms with Gasteiger partial charge in [0.25, 0.3) is 5.91 Å². The van der Waals surface area contributed by atoms with Crippen LogP contribution in [0.3, 0.4) is 0 Å². The average Bonchev–Trinajstić information content (AvgIpc) is 2.83. The Kier molecular flexibility index (Phi) is 7.41. The number of hydrogen-bond acceptors (Lipinski definition) is 6. The van der Waals surface area contributed by atoms with E-state index in [0.29, 0.717) is 10.6 Å². The second kappa shape index (κ2) is 10.5. The lowest BCUT2D eigenvalue weighted by Crippen LogP contribution is -2.32. The van der Waals surface area contributed by atoms with Crippen LogP contribution in [0.4, 0.5) is 10.2 Å². The van der Waals surface area contributed by atoms with Crippen molar-refractivity contribution >= 4 is 23.3 Å². The van der Waals surface area contributed by atoms with Crippen LogP contribution in [0.2, 0.25) is 5.02 Å². The Morgan fingerprint density at radius 1 is 1.21 bits per heavy atom. The normalized spacial score (nSPS) is 18.9. The topological polar surface area (TPSA) is 127 Å². The molecule has 0 spiro atoms. The highest BCUT2D eigenvalue weighted by atomic mass is 35.5. The molecule has 34 heavy (non-hydrogen) atoms. The number of aromatic nitrogens is 2. The summed E-state index contributed by atoms with van der Waals surface area (Å²) in [6.45, 7) is -0.392. The Balaban J connectivity index is 1.68. The number of aliphatic hydroxyl groups excluding tert-OH is 1. The van der Waals surface area contributed by atoms with Crippen molar-refractivity contribution in [2.75, 3.05) is 12.3 Å². The lowest BCUT2D eigenvalue weighted by Gasteiger charge is -2.26. The SMILES string of the molecule is Nc1ncc(C2CCC(N)CC2)nc1-c1cccc(F)c1C(=O)N[C@H](CO)c1cccc(Cl)c1. The molecule has 2 aromatic carbocycles. The summed E-state index contributed by atoms with van der Waals surface area (Å²) in [4.78, 5) is 22.2. The minimum Gasteiger partial charge on any atom is -0.394 e. The molecule has 3 aromatic rings. The zero-order chi connectivity index (χ0) is 24.2. The molecule has 0 saturated heterocycles. The van der Waals surface area contributed by atoms with E-state index in [1.807, 2.05) is 0 Å². The van der Waals surface area contributed by atoms with E-state index in [4.69, 9.17) is 28.1 Å². The molecule has 0 bridgehead atoms. The standard InChI is InChI=1S/C25H27ClFN5O2/c26-16-4-1-3-15(11-16)21(13-33)32-25(34)22-18(5-2-6-19(22)27)23-24(29)30-12-20(31-23)14-7-9-17(28)10-8-14/h1-6,11-12,14,17,21,33H,7-10,13,28H2,(H2,29,30)(H,32,34)/t14?,17?,21-/m1/s1. The maximum absolute atomic E-state index is 15.0. The van der Waals surface area contributed by atoms with Crippen molar-refractivity contribution in [3.05, 3.63) is 76.3 Å². The zero-order valence-electron chi connectivity index (χ0n) is 18.5. The predicted octanol–water partition coefficient (Wildman–Crippen LogP) is 3.97. The molecule has 1 aromatic heterocycles. The maximum atomic E-state index is 15.0. The number of amides is 1. The number of benzene rings is 2. The molecule has 178 valence electrons. The number of nitrogen functional groups attached to an aromatic ring is 1. The fourth-order valence-corrected chi connectivity index (χ4v) is 4.56. The molecule has 1 aliphatic carbocycles. The van der Waals surface area contributed by atoms with Gasteiger partial charge in [-0.2, -0.15) is 0 Å². The van der Waals surface area contributed by atoms with Crippen LogP contribution < -0.4 is 16.8 Å². The highest BCUT2D eigenvalue weighted by molar-refractivity contribution is 6.30. The first-order chi connectivity index (χ1) is 16.4. The van der Waals surface area contributed by atoms with Crippen LogP contribution in [0.1, 0.15) is 59.3 Å². The fourth-order valence-electron chi connectivity index (χ4n) is 4.36. The van der Waals surface area contributed by atoms with Crippen molar-refractivity contribution in [3.8, 4) is 11.3 Å². The van der Waals surface area contributed by atoms with E-state index in [0.717, 1.165) is 31.4 Å². The quantitative estimate of drug-likeness (QED) is 0.420. The minimum atomic E-state index is -0.778. The van der Waals surface area contributed by atoms with E-state index in [1.165, 1.54) is 12.1 Å². The number of carbonyl (C=O) groups is 1. The van der Waals surface area contributed by atoms with Crippen molar-refractivity contribution in [2.24, 2.45) is 5.73 Å². The lowest BCUT2D eigenvalue weighted by atomic mass is 9.84. The zero-order valence-corrected chi connectivity index (χ0v) is 19.3. The Hall–Kier alpha value is -3.07. The highest BCUT2D eigenvalue weighted by Crippen LogP contribution is 2.34. The van der Waals surface area contributed by atoms with Gasteiger partial charge in [-0.3, -0.25) is 4.79 Å². The third-order valence-corrected chi connectivity index (χ3v) is 6.48. The molecular formula is C25H27ClFN5O2. The van der Waals surface area contributed by atoms with Gasteiger partial charge in [0.05, 0.1) is 30.1 Å². The summed E-state index contributed by atoms with van der Waals surface area (Å²) in [6.07, 6.45) is 5.19. The molecule has 0 radical (unpaired) electrons. The average molecular weight is 484 g/mol. The Labute approximate surface area is 202 Å². The number of aliphatic hydroxyl groups is 1. The number of nitrogens with zero attached hydrogens (tertiary/aromatic N) is 2. The number of rotatable bonds is 6. The number of nitrogens with one attached hydrogen (secondary N) is 1. The molecule has 1 saturated carbocycles. The second-order valence-corrected chi connectivity index (χ2v) is 9.00. The van der Waals surface area contributed by atoms with Crippen molar-refractivity contribution in [3.63, 3.8) is 0 Å². The van der Waals surface area contributed by atoms with Gasteiger partial charge in [-0.25, -0.2) is 14.4 Å². The van der Waals surface area contributed by atoms with Gasteiger partial charge in [-0.05, 0) is 49.4 Å².